The highest BCUT2D eigenvalue weighted by molar-refractivity contribution is 6.74. The van der Waals surface area contributed by atoms with Crippen molar-refractivity contribution >= 4 is 14.1 Å². The summed E-state index contributed by atoms with van der Waals surface area (Å²) in [5.41, 5.74) is 4.59. The second-order valence-electron chi connectivity index (χ2n) is 3.87. The molecule has 0 spiro atoms. The Kier molecular flexibility index (Phi) is 2.17. The highest BCUT2D eigenvalue weighted by Gasteiger charge is 2.20. The summed E-state index contributed by atoms with van der Waals surface area (Å²) in [4.78, 5) is 25.2. The first-order chi connectivity index (χ1) is 5.82. The Bertz CT molecular complexity index is 395. The van der Waals surface area contributed by atoms with E-state index in [9.17, 15) is 9.59 Å². The lowest BCUT2D eigenvalue weighted by atomic mass is 10.6. The molecular formula is C7H13N3O2Si. The molecule has 1 heterocycles. The highest BCUT2D eigenvalue weighted by atomic mass is 28.3. The summed E-state index contributed by atoms with van der Waals surface area (Å²) in [6.07, 6.45) is 0. The number of nitrogen functional groups attached to an aromatic ring is 1. The van der Waals surface area contributed by atoms with E-state index in [0.29, 0.717) is 0 Å². The fourth-order valence-corrected chi connectivity index (χ4v) is 2.54. The van der Waals surface area contributed by atoms with Crippen LogP contribution < -0.4 is 17.0 Å². The number of H-pyrrole nitrogens is 1. The second-order valence-corrected chi connectivity index (χ2v) is 8.66. The van der Waals surface area contributed by atoms with Crippen molar-refractivity contribution in [3.8, 4) is 0 Å². The molecule has 0 bridgehead atoms. The van der Waals surface area contributed by atoms with Crippen LogP contribution in [0.1, 0.15) is 0 Å². The predicted octanol–water partition coefficient (Wildman–Crippen LogP) is -0.198. The molecule has 1 aromatic heterocycles. The lowest BCUT2D eigenvalue weighted by molar-refractivity contribution is 0.926. The Labute approximate surface area is 76.3 Å². The number of hydrogen-bond acceptors (Lipinski definition) is 3. The van der Waals surface area contributed by atoms with Crippen molar-refractivity contribution < 1.29 is 0 Å². The van der Waals surface area contributed by atoms with E-state index >= 15 is 0 Å². The number of anilines is 1. The van der Waals surface area contributed by atoms with Gasteiger partial charge in [-0.25, -0.2) is 4.79 Å². The normalized spacial score (nSPS) is 11.6. The molecule has 0 amide bonds. The monoisotopic (exact) mass is 199 g/mol. The molecule has 6 heteroatoms. The highest BCUT2D eigenvalue weighted by Crippen LogP contribution is 1.98. The predicted molar refractivity (Wildman–Crippen MR) is 54.5 cm³/mol. The molecule has 0 aliphatic carbocycles. The van der Waals surface area contributed by atoms with Gasteiger partial charge in [0, 0.05) is 6.07 Å². The zero-order valence-corrected chi connectivity index (χ0v) is 8.92. The zero-order chi connectivity index (χ0) is 10.2. The van der Waals surface area contributed by atoms with Gasteiger partial charge in [0.15, 0.2) is 8.24 Å². The molecular weight excluding hydrogens is 186 g/mol. The molecule has 1 aromatic rings. The smallest absolute Gasteiger partial charge is 0.321 e. The second kappa shape index (κ2) is 2.88. The Morgan fingerprint density at radius 2 is 1.92 bits per heavy atom. The van der Waals surface area contributed by atoms with E-state index in [-0.39, 0.29) is 11.4 Å². The third kappa shape index (κ3) is 1.89. The molecule has 0 aliphatic rings. The van der Waals surface area contributed by atoms with Crippen LogP contribution in [0.15, 0.2) is 15.7 Å². The SMILES string of the molecule is C[Si](C)(C)n1c(=O)cc(N)[nH]c1=O. The van der Waals surface area contributed by atoms with Crippen LogP contribution in [-0.4, -0.2) is 17.5 Å². The van der Waals surface area contributed by atoms with Gasteiger partial charge in [0.05, 0.1) is 0 Å². The number of aromatic nitrogens is 2. The van der Waals surface area contributed by atoms with Crippen molar-refractivity contribution in [2.24, 2.45) is 0 Å². The van der Waals surface area contributed by atoms with E-state index in [1.807, 2.05) is 19.6 Å². The number of nitrogens with zero attached hydrogens (tertiary/aromatic N) is 1. The summed E-state index contributed by atoms with van der Waals surface area (Å²) in [6.45, 7) is 5.75. The molecule has 0 saturated carbocycles. The average Bonchev–Trinajstić information content (AvgIpc) is 1.78. The maximum Gasteiger partial charge on any atom is 0.321 e. The molecule has 72 valence electrons. The van der Waals surface area contributed by atoms with Crippen molar-refractivity contribution in [2.45, 2.75) is 19.6 Å². The van der Waals surface area contributed by atoms with E-state index in [0.717, 1.165) is 0 Å². The number of aromatic amines is 1. The molecule has 0 fully saturated rings. The van der Waals surface area contributed by atoms with Crippen LogP contribution in [0.3, 0.4) is 0 Å². The van der Waals surface area contributed by atoms with Gasteiger partial charge in [-0.2, -0.15) is 0 Å². The quantitative estimate of drug-likeness (QED) is 0.615. The van der Waals surface area contributed by atoms with Gasteiger partial charge in [-0.15, -0.1) is 0 Å². The number of hydrogen-bond donors (Lipinski definition) is 2. The van der Waals surface area contributed by atoms with Crippen LogP contribution in [-0.2, 0) is 0 Å². The standard InChI is InChI=1S/C7H13N3O2Si/c1-13(2,3)10-6(11)4-5(8)9-7(10)12/h4H,8H2,1-3H3,(H,9,12). The first-order valence-electron chi connectivity index (χ1n) is 3.95. The van der Waals surface area contributed by atoms with Crippen molar-refractivity contribution in [3.05, 3.63) is 26.9 Å². The Balaban J connectivity index is 3.58. The van der Waals surface area contributed by atoms with Gasteiger partial charge >= 0.3 is 5.69 Å². The summed E-state index contributed by atoms with van der Waals surface area (Å²) in [5.74, 6) is 0.115. The number of nitrogens with one attached hydrogen (secondary N) is 1. The van der Waals surface area contributed by atoms with Crippen LogP contribution >= 0.6 is 0 Å². The summed E-state index contributed by atoms with van der Waals surface area (Å²) in [5, 5.41) is 0. The molecule has 13 heavy (non-hydrogen) atoms. The van der Waals surface area contributed by atoms with Gasteiger partial charge in [0.25, 0.3) is 0 Å². The van der Waals surface area contributed by atoms with E-state index in [1.54, 1.807) is 0 Å². The van der Waals surface area contributed by atoms with Gasteiger partial charge < -0.3 is 5.73 Å². The Hall–Kier alpha value is -1.30. The minimum absolute atomic E-state index is 0.115. The lowest BCUT2D eigenvalue weighted by Gasteiger charge is -2.17. The molecule has 0 unspecified atom stereocenters. The Morgan fingerprint density at radius 3 is 2.31 bits per heavy atom. The molecule has 0 saturated heterocycles. The minimum atomic E-state index is -1.94. The van der Waals surface area contributed by atoms with Crippen LogP contribution in [0.25, 0.3) is 0 Å². The van der Waals surface area contributed by atoms with Gasteiger partial charge in [-0.1, -0.05) is 19.6 Å². The maximum atomic E-state index is 11.4. The first kappa shape index (κ1) is 9.78. The minimum Gasteiger partial charge on any atom is -0.385 e. The van der Waals surface area contributed by atoms with Crippen molar-refractivity contribution in [1.82, 2.24) is 9.22 Å². The average molecular weight is 199 g/mol. The van der Waals surface area contributed by atoms with Crippen molar-refractivity contribution in [2.75, 3.05) is 5.73 Å². The third-order valence-electron chi connectivity index (χ3n) is 1.62. The molecule has 1 rings (SSSR count). The maximum absolute atomic E-state index is 11.4. The van der Waals surface area contributed by atoms with E-state index < -0.39 is 13.9 Å². The lowest BCUT2D eigenvalue weighted by Crippen LogP contribution is -2.50. The van der Waals surface area contributed by atoms with Crippen LogP contribution in [0.4, 0.5) is 5.82 Å². The molecule has 0 aromatic carbocycles. The fraction of sp³-hybridized carbons (Fsp3) is 0.429. The third-order valence-corrected chi connectivity index (χ3v) is 3.39. The summed E-state index contributed by atoms with van der Waals surface area (Å²) < 4.78 is 1.27. The van der Waals surface area contributed by atoms with Gasteiger partial charge in [-0.05, 0) is 0 Å². The van der Waals surface area contributed by atoms with Crippen LogP contribution in [0.5, 0.6) is 0 Å². The molecule has 0 radical (unpaired) electrons. The molecule has 0 atom stereocenters. The number of nitrogens with two attached hydrogens (primary N) is 1. The van der Waals surface area contributed by atoms with E-state index in [2.05, 4.69) is 4.98 Å². The van der Waals surface area contributed by atoms with Crippen LogP contribution in [0.2, 0.25) is 19.6 Å². The van der Waals surface area contributed by atoms with E-state index in [4.69, 9.17) is 5.73 Å². The largest absolute Gasteiger partial charge is 0.385 e. The van der Waals surface area contributed by atoms with Gasteiger partial charge in [0.1, 0.15) is 5.82 Å². The van der Waals surface area contributed by atoms with Gasteiger partial charge in [0.2, 0.25) is 5.56 Å². The molecule has 5 nitrogen and oxygen atoms in total. The molecule has 0 aliphatic heterocycles. The summed E-state index contributed by atoms with van der Waals surface area (Å²) in [6, 6.07) is 1.24. The number of rotatable bonds is 1. The van der Waals surface area contributed by atoms with Crippen molar-refractivity contribution in [1.29, 1.82) is 0 Å². The van der Waals surface area contributed by atoms with Gasteiger partial charge in [-0.3, -0.25) is 14.0 Å². The zero-order valence-electron chi connectivity index (χ0n) is 7.92. The fourth-order valence-electron chi connectivity index (χ4n) is 1.15. The summed E-state index contributed by atoms with van der Waals surface area (Å²) in [7, 11) is -1.94. The first-order valence-corrected chi connectivity index (χ1v) is 7.39. The van der Waals surface area contributed by atoms with Crippen LogP contribution in [0, 0.1) is 0 Å². The van der Waals surface area contributed by atoms with E-state index in [1.165, 1.54) is 10.3 Å². The summed E-state index contributed by atoms with van der Waals surface area (Å²) >= 11 is 0. The van der Waals surface area contributed by atoms with Crippen molar-refractivity contribution in [3.63, 3.8) is 0 Å². The molecule has 3 N–H and O–H groups in total. The Morgan fingerprint density at radius 1 is 1.38 bits per heavy atom. The topological polar surface area (TPSA) is 80.9 Å².